The van der Waals surface area contributed by atoms with Gasteiger partial charge in [0.05, 0.1) is 6.61 Å². The van der Waals surface area contributed by atoms with Crippen LogP contribution in [0.2, 0.25) is 0 Å². The lowest BCUT2D eigenvalue weighted by atomic mass is 10.1. The molecule has 0 bridgehead atoms. The Bertz CT molecular complexity index is 614. The van der Waals surface area contributed by atoms with E-state index in [0.717, 1.165) is 23.3 Å². The number of hydrogen-bond donors (Lipinski definition) is 2. The maximum Gasteiger partial charge on any atom is 0.239 e. The second-order valence-electron chi connectivity index (χ2n) is 5.52. The van der Waals surface area contributed by atoms with Gasteiger partial charge in [-0.3, -0.25) is 4.79 Å². The molecule has 1 unspecified atom stereocenters. The summed E-state index contributed by atoms with van der Waals surface area (Å²) < 4.78 is 10.6. The Hall–Kier alpha value is -2.37. The molecule has 0 aliphatic rings. The SMILES string of the molecule is COCC(N)C(=O)NCCc1ccc(OCc2ccccc2)cc1. The van der Waals surface area contributed by atoms with Gasteiger partial charge in [-0.15, -0.1) is 0 Å². The molecule has 0 aliphatic carbocycles. The van der Waals surface area contributed by atoms with Gasteiger partial charge < -0.3 is 20.5 Å². The third-order valence-corrected chi connectivity index (χ3v) is 3.57. The van der Waals surface area contributed by atoms with Gasteiger partial charge in [-0.2, -0.15) is 0 Å². The van der Waals surface area contributed by atoms with Crippen molar-refractivity contribution in [3.05, 3.63) is 65.7 Å². The van der Waals surface area contributed by atoms with Gasteiger partial charge >= 0.3 is 0 Å². The largest absolute Gasteiger partial charge is 0.489 e. The molecule has 0 saturated carbocycles. The Labute approximate surface area is 142 Å². The van der Waals surface area contributed by atoms with E-state index in [0.29, 0.717) is 13.2 Å². The zero-order valence-corrected chi connectivity index (χ0v) is 13.9. The highest BCUT2D eigenvalue weighted by Crippen LogP contribution is 2.14. The number of nitrogens with one attached hydrogen (secondary N) is 1. The summed E-state index contributed by atoms with van der Waals surface area (Å²) in [5, 5.41) is 2.80. The topological polar surface area (TPSA) is 73.6 Å². The lowest BCUT2D eigenvalue weighted by Gasteiger charge is -2.11. The Morgan fingerprint density at radius 3 is 2.46 bits per heavy atom. The number of amides is 1. The van der Waals surface area contributed by atoms with Gasteiger partial charge in [0.1, 0.15) is 18.4 Å². The van der Waals surface area contributed by atoms with Crippen LogP contribution in [0.15, 0.2) is 54.6 Å². The molecule has 0 heterocycles. The van der Waals surface area contributed by atoms with Crippen molar-refractivity contribution in [3.63, 3.8) is 0 Å². The van der Waals surface area contributed by atoms with Gasteiger partial charge in [-0.25, -0.2) is 0 Å². The Morgan fingerprint density at radius 2 is 1.79 bits per heavy atom. The molecular formula is C19H24N2O3. The summed E-state index contributed by atoms with van der Waals surface area (Å²) in [6.45, 7) is 1.31. The Balaban J connectivity index is 1.73. The lowest BCUT2D eigenvalue weighted by Crippen LogP contribution is -2.44. The van der Waals surface area contributed by atoms with E-state index in [4.69, 9.17) is 15.2 Å². The lowest BCUT2D eigenvalue weighted by molar-refractivity contribution is -0.123. The molecule has 0 fully saturated rings. The summed E-state index contributed by atoms with van der Waals surface area (Å²) in [5.74, 6) is 0.633. The summed E-state index contributed by atoms with van der Waals surface area (Å²) in [4.78, 5) is 11.7. The van der Waals surface area contributed by atoms with Crippen LogP contribution in [0, 0.1) is 0 Å². The van der Waals surface area contributed by atoms with Crippen LogP contribution in [0.5, 0.6) is 5.75 Å². The van der Waals surface area contributed by atoms with Crippen molar-refractivity contribution in [2.45, 2.75) is 19.1 Å². The van der Waals surface area contributed by atoms with Gasteiger partial charge in [0.15, 0.2) is 0 Å². The molecule has 0 spiro atoms. The Morgan fingerprint density at radius 1 is 1.08 bits per heavy atom. The van der Waals surface area contributed by atoms with Crippen LogP contribution in [0.1, 0.15) is 11.1 Å². The van der Waals surface area contributed by atoms with E-state index in [-0.39, 0.29) is 12.5 Å². The highest BCUT2D eigenvalue weighted by atomic mass is 16.5. The van der Waals surface area contributed by atoms with E-state index < -0.39 is 6.04 Å². The average Bonchev–Trinajstić information content (AvgIpc) is 2.62. The van der Waals surface area contributed by atoms with Crippen LogP contribution < -0.4 is 15.8 Å². The number of benzene rings is 2. The van der Waals surface area contributed by atoms with Crippen molar-refractivity contribution in [2.75, 3.05) is 20.3 Å². The number of carbonyl (C=O) groups is 1. The van der Waals surface area contributed by atoms with Crippen LogP contribution >= 0.6 is 0 Å². The maximum absolute atomic E-state index is 11.7. The van der Waals surface area contributed by atoms with Crippen molar-refractivity contribution in [1.82, 2.24) is 5.32 Å². The molecule has 0 aromatic heterocycles. The number of ether oxygens (including phenoxy) is 2. The fourth-order valence-electron chi connectivity index (χ4n) is 2.21. The summed E-state index contributed by atoms with van der Waals surface area (Å²) >= 11 is 0. The molecule has 24 heavy (non-hydrogen) atoms. The molecular weight excluding hydrogens is 304 g/mol. The first kappa shape index (κ1) is 18.0. The second-order valence-corrected chi connectivity index (χ2v) is 5.52. The average molecular weight is 328 g/mol. The number of nitrogens with two attached hydrogens (primary N) is 1. The minimum absolute atomic E-state index is 0.195. The van der Waals surface area contributed by atoms with Crippen LogP contribution in [-0.2, 0) is 22.6 Å². The van der Waals surface area contributed by atoms with Gasteiger partial charge in [0.2, 0.25) is 5.91 Å². The highest BCUT2D eigenvalue weighted by Gasteiger charge is 2.11. The highest BCUT2D eigenvalue weighted by molar-refractivity contribution is 5.81. The summed E-state index contributed by atoms with van der Waals surface area (Å²) in [6.07, 6.45) is 0.740. The van der Waals surface area contributed by atoms with E-state index in [1.807, 2.05) is 54.6 Å². The first-order valence-corrected chi connectivity index (χ1v) is 7.97. The first-order valence-electron chi connectivity index (χ1n) is 7.97. The predicted octanol–water partition coefficient (Wildman–Crippen LogP) is 1.90. The predicted molar refractivity (Wildman–Crippen MR) is 93.8 cm³/mol. The minimum Gasteiger partial charge on any atom is -0.489 e. The van der Waals surface area contributed by atoms with Gasteiger partial charge in [-0.1, -0.05) is 42.5 Å². The summed E-state index contributed by atoms with van der Waals surface area (Å²) in [5.41, 5.74) is 7.92. The number of methoxy groups -OCH3 is 1. The first-order chi connectivity index (χ1) is 11.7. The van der Waals surface area contributed by atoms with Crippen LogP contribution in [-0.4, -0.2) is 32.2 Å². The molecule has 0 radical (unpaired) electrons. The molecule has 1 amide bonds. The van der Waals surface area contributed by atoms with E-state index in [1.54, 1.807) is 0 Å². The quantitative estimate of drug-likeness (QED) is 0.737. The molecule has 2 rings (SSSR count). The zero-order valence-electron chi connectivity index (χ0n) is 13.9. The van der Waals surface area contributed by atoms with Crippen molar-refractivity contribution < 1.29 is 14.3 Å². The number of carbonyl (C=O) groups excluding carboxylic acids is 1. The molecule has 0 saturated heterocycles. The van der Waals surface area contributed by atoms with Crippen LogP contribution in [0.3, 0.4) is 0 Å². The monoisotopic (exact) mass is 328 g/mol. The fourth-order valence-corrected chi connectivity index (χ4v) is 2.21. The van der Waals surface area contributed by atoms with E-state index in [2.05, 4.69) is 5.32 Å². The summed E-state index contributed by atoms with van der Waals surface area (Å²) in [7, 11) is 1.52. The molecule has 2 aromatic rings. The molecule has 3 N–H and O–H groups in total. The van der Waals surface area contributed by atoms with Crippen molar-refractivity contribution in [2.24, 2.45) is 5.73 Å². The molecule has 5 nitrogen and oxygen atoms in total. The normalized spacial score (nSPS) is 11.8. The van der Waals surface area contributed by atoms with Crippen LogP contribution in [0.4, 0.5) is 0 Å². The second kappa shape index (κ2) is 9.70. The van der Waals surface area contributed by atoms with Gasteiger partial charge in [0.25, 0.3) is 0 Å². The molecule has 128 valence electrons. The smallest absolute Gasteiger partial charge is 0.239 e. The molecule has 1 atom stereocenters. The summed E-state index contributed by atoms with van der Waals surface area (Å²) in [6, 6.07) is 17.3. The number of rotatable bonds is 9. The third kappa shape index (κ3) is 6.02. The van der Waals surface area contributed by atoms with E-state index >= 15 is 0 Å². The maximum atomic E-state index is 11.7. The zero-order chi connectivity index (χ0) is 17.2. The van der Waals surface area contributed by atoms with E-state index in [9.17, 15) is 4.79 Å². The Kier molecular flexibility index (Phi) is 7.26. The van der Waals surface area contributed by atoms with Crippen molar-refractivity contribution in [1.29, 1.82) is 0 Å². The fraction of sp³-hybridized carbons (Fsp3) is 0.316. The third-order valence-electron chi connectivity index (χ3n) is 3.57. The van der Waals surface area contributed by atoms with Crippen molar-refractivity contribution >= 4 is 5.91 Å². The van der Waals surface area contributed by atoms with E-state index in [1.165, 1.54) is 7.11 Å². The minimum atomic E-state index is -0.622. The van der Waals surface area contributed by atoms with Crippen LogP contribution in [0.25, 0.3) is 0 Å². The van der Waals surface area contributed by atoms with Crippen molar-refractivity contribution in [3.8, 4) is 5.75 Å². The molecule has 2 aromatic carbocycles. The van der Waals surface area contributed by atoms with Gasteiger partial charge in [0, 0.05) is 13.7 Å². The molecule has 5 heteroatoms. The number of hydrogen-bond acceptors (Lipinski definition) is 4. The van der Waals surface area contributed by atoms with Gasteiger partial charge in [-0.05, 0) is 29.7 Å². The molecule has 0 aliphatic heterocycles. The standard InChI is InChI=1S/C19H24N2O3/c1-23-14-18(20)19(22)21-12-11-15-7-9-17(10-8-15)24-13-16-5-3-2-4-6-16/h2-10,18H,11-14,20H2,1H3,(H,21,22).